The topological polar surface area (TPSA) is 68.0 Å². The fourth-order valence-corrected chi connectivity index (χ4v) is 3.03. The van der Waals surface area contributed by atoms with E-state index in [0.717, 1.165) is 11.1 Å². The number of hydrogen-bond acceptors (Lipinski definition) is 5. The van der Waals surface area contributed by atoms with Crippen molar-refractivity contribution in [2.45, 2.75) is 23.9 Å². The predicted octanol–water partition coefficient (Wildman–Crippen LogP) is 4.19. The Hall–Kier alpha value is -2.31. The summed E-state index contributed by atoms with van der Waals surface area (Å²) in [6, 6.07) is 16.9. The fraction of sp³-hybridized carbons (Fsp3) is 0.167. The lowest BCUT2D eigenvalue weighted by Gasteiger charge is -2.09. The fourth-order valence-electron chi connectivity index (χ4n) is 2.13. The Balaban J connectivity index is 1.57. The minimum atomic E-state index is -0.351. The van der Waals surface area contributed by atoms with Crippen molar-refractivity contribution in [2.75, 3.05) is 0 Å². The van der Waals surface area contributed by atoms with Crippen LogP contribution in [0.3, 0.4) is 0 Å². The molecule has 3 rings (SSSR count). The number of carbonyl (C=O) groups excluding carboxylic acids is 1. The highest BCUT2D eigenvalue weighted by molar-refractivity contribution is 8.00. The molecule has 0 unspecified atom stereocenters. The van der Waals surface area contributed by atoms with Crippen LogP contribution in [0.1, 0.15) is 12.5 Å². The molecule has 5 nitrogen and oxygen atoms in total. The first-order valence-electron chi connectivity index (χ1n) is 7.69. The molecule has 2 aromatic carbocycles. The number of carbonyl (C=O) groups is 1. The van der Waals surface area contributed by atoms with Crippen molar-refractivity contribution in [1.29, 1.82) is 0 Å². The smallest absolute Gasteiger partial charge is 0.277 e. The van der Waals surface area contributed by atoms with E-state index < -0.39 is 0 Å². The van der Waals surface area contributed by atoms with E-state index in [-0.39, 0.29) is 11.2 Å². The Morgan fingerprint density at radius 1 is 1.20 bits per heavy atom. The number of benzene rings is 2. The van der Waals surface area contributed by atoms with Gasteiger partial charge in [0.05, 0.1) is 5.25 Å². The molecule has 0 radical (unpaired) electrons. The van der Waals surface area contributed by atoms with Gasteiger partial charge in [-0.3, -0.25) is 4.79 Å². The van der Waals surface area contributed by atoms with Gasteiger partial charge < -0.3 is 9.73 Å². The van der Waals surface area contributed by atoms with Crippen LogP contribution in [0.2, 0.25) is 5.02 Å². The third-order valence-corrected chi connectivity index (χ3v) is 4.60. The van der Waals surface area contributed by atoms with E-state index >= 15 is 0 Å². The van der Waals surface area contributed by atoms with Gasteiger partial charge in [-0.05, 0) is 30.7 Å². The molecule has 7 heteroatoms. The van der Waals surface area contributed by atoms with Crippen molar-refractivity contribution in [1.82, 2.24) is 15.5 Å². The van der Waals surface area contributed by atoms with Crippen LogP contribution in [0.4, 0.5) is 0 Å². The molecular formula is C18H16ClN3O2S. The van der Waals surface area contributed by atoms with Crippen molar-refractivity contribution in [3.63, 3.8) is 0 Å². The summed E-state index contributed by atoms with van der Waals surface area (Å²) in [6.07, 6.45) is 0. The highest BCUT2D eigenvalue weighted by Crippen LogP contribution is 2.27. The van der Waals surface area contributed by atoms with E-state index in [4.69, 9.17) is 16.0 Å². The zero-order chi connectivity index (χ0) is 17.6. The minimum Gasteiger partial charge on any atom is -0.411 e. The summed E-state index contributed by atoms with van der Waals surface area (Å²) < 4.78 is 5.61. The Bertz CT molecular complexity index is 854. The van der Waals surface area contributed by atoms with E-state index in [2.05, 4.69) is 15.5 Å². The first kappa shape index (κ1) is 17.5. The summed E-state index contributed by atoms with van der Waals surface area (Å²) in [5, 5.41) is 11.5. The van der Waals surface area contributed by atoms with E-state index in [1.165, 1.54) is 11.8 Å². The Morgan fingerprint density at radius 2 is 2.00 bits per heavy atom. The second-order valence-electron chi connectivity index (χ2n) is 5.35. The molecule has 1 aromatic heterocycles. The average Bonchev–Trinajstić information content (AvgIpc) is 3.09. The average molecular weight is 374 g/mol. The Morgan fingerprint density at radius 3 is 2.76 bits per heavy atom. The molecule has 25 heavy (non-hydrogen) atoms. The highest BCUT2D eigenvalue weighted by atomic mass is 35.5. The van der Waals surface area contributed by atoms with Crippen molar-refractivity contribution < 1.29 is 9.21 Å². The zero-order valence-corrected chi connectivity index (χ0v) is 15.1. The van der Waals surface area contributed by atoms with Gasteiger partial charge in [0.2, 0.25) is 11.8 Å². The van der Waals surface area contributed by atoms with Crippen molar-refractivity contribution >= 4 is 29.3 Å². The van der Waals surface area contributed by atoms with Crippen LogP contribution in [0.5, 0.6) is 0 Å². The molecule has 128 valence electrons. The van der Waals surface area contributed by atoms with Crippen molar-refractivity contribution in [3.05, 3.63) is 65.2 Å². The number of aromatic nitrogens is 2. The number of nitrogens with one attached hydrogen (secondary N) is 1. The molecule has 0 saturated heterocycles. The number of halogens is 1. The van der Waals surface area contributed by atoms with Gasteiger partial charge in [0.25, 0.3) is 5.22 Å². The number of thioether (sulfide) groups is 1. The van der Waals surface area contributed by atoms with Crippen LogP contribution in [0.25, 0.3) is 11.5 Å². The van der Waals surface area contributed by atoms with Crippen LogP contribution >= 0.6 is 23.4 Å². The number of rotatable bonds is 6. The third-order valence-electron chi connectivity index (χ3n) is 3.43. The molecule has 0 bridgehead atoms. The predicted molar refractivity (Wildman–Crippen MR) is 98.4 cm³/mol. The number of nitrogens with zero attached hydrogens (tertiary/aromatic N) is 2. The second-order valence-corrected chi connectivity index (χ2v) is 7.08. The summed E-state index contributed by atoms with van der Waals surface area (Å²) in [6.45, 7) is 2.29. The van der Waals surface area contributed by atoms with Gasteiger partial charge in [0, 0.05) is 17.1 Å². The van der Waals surface area contributed by atoms with E-state index in [1.807, 2.05) is 42.5 Å². The van der Waals surface area contributed by atoms with Gasteiger partial charge in [-0.25, -0.2) is 0 Å². The van der Waals surface area contributed by atoms with Gasteiger partial charge in [0.1, 0.15) is 0 Å². The quantitative estimate of drug-likeness (QED) is 0.656. The molecule has 1 atom stereocenters. The van der Waals surface area contributed by atoms with Gasteiger partial charge in [-0.1, -0.05) is 59.8 Å². The molecule has 0 aliphatic heterocycles. The lowest BCUT2D eigenvalue weighted by molar-refractivity contribution is -0.120. The first-order chi connectivity index (χ1) is 12.1. The zero-order valence-electron chi connectivity index (χ0n) is 13.5. The molecule has 0 spiro atoms. The molecule has 0 aliphatic rings. The van der Waals surface area contributed by atoms with E-state index in [1.54, 1.807) is 19.1 Å². The number of amides is 1. The molecular weight excluding hydrogens is 358 g/mol. The summed E-state index contributed by atoms with van der Waals surface area (Å²) in [5.74, 6) is 0.290. The normalized spacial score (nSPS) is 11.9. The van der Waals surface area contributed by atoms with Gasteiger partial charge >= 0.3 is 0 Å². The Labute approximate surface area is 154 Å². The Kier molecular flexibility index (Phi) is 5.73. The standard InChI is InChI=1S/C18H16ClN3O2S/c1-12(16(23)20-11-13-6-3-2-4-7-13)25-18-22-21-17(24-18)14-8-5-9-15(19)10-14/h2-10,12H,11H2,1H3,(H,20,23)/t12-/m1/s1. The summed E-state index contributed by atoms with van der Waals surface area (Å²) in [7, 11) is 0. The molecule has 1 heterocycles. The summed E-state index contributed by atoms with van der Waals surface area (Å²) in [4.78, 5) is 12.2. The SMILES string of the molecule is C[C@@H](Sc1nnc(-c2cccc(Cl)c2)o1)C(=O)NCc1ccccc1. The van der Waals surface area contributed by atoms with E-state index in [0.29, 0.717) is 22.7 Å². The van der Waals surface area contributed by atoms with Crippen LogP contribution in [-0.2, 0) is 11.3 Å². The van der Waals surface area contributed by atoms with Crippen molar-refractivity contribution in [3.8, 4) is 11.5 Å². The first-order valence-corrected chi connectivity index (χ1v) is 8.95. The molecule has 1 N–H and O–H groups in total. The molecule has 3 aromatic rings. The number of hydrogen-bond donors (Lipinski definition) is 1. The third kappa shape index (κ3) is 4.84. The maximum Gasteiger partial charge on any atom is 0.277 e. The summed E-state index contributed by atoms with van der Waals surface area (Å²) in [5.41, 5.74) is 1.79. The van der Waals surface area contributed by atoms with Crippen LogP contribution < -0.4 is 5.32 Å². The molecule has 0 fully saturated rings. The van der Waals surface area contributed by atoms with Gasteiger partial charge in [-0.15, -0.1) is 10.2 Å². The van der Waals surface area contributed by atoms with Gasteiger partial charge in [-0.2, -0.15) is 0 Å². The summed E-state index contributed by atoms with van der Waals surface area (Å²) >= 11 is 7.19. The molecule has 1 amide bonds. The highest BCUT2D eigenvalue weighted by Gasteiger charge is 2.18. The largest absolute Gasteiger partial charge is 0.411 e. The van der Waals surface area contributed by atoms with Crippen LogP contribution in [0, 0.1) is 0 Å². The minimum absolute atomic E-state index is 0.0867. The van der Waals surface area contributed by atoms with Crippen LogP contribution in [0.15, 0.2) is 64.2 Å². The van der Waals surface area contributed by atoms with E-state index in [9.17, 15) is 4.79 Å². The maximum absolute atomic E-state index is 12.2. The maximum atomic E-state index is 12.2. The monoisotopic (exact) mass is 373 g/mol. The molecule has 0 saturated carbocycles. The second kappa shape index (κ2) is 8.18. The lowest BCUT2D eigenvalue weighted by atomic mass is 10.2. The van der Waals surface area contributed by atoms with Gasteiger partial charge in [0.15, 0.2) is 0 Å². The molecule has 0 aliphatic carbocycles. The van der Waals surface area contributed by atoms with Crippen LogP contribution in [-0.4, -0.2) is 21.4 Å². The van der Waals surface area contributed by atoms with Crippen molar-refractivity contribution in [2.24, 2.45) is 0 Å². The lowest BCUT2D eigenvalue weighted by Crippen LogP contribution is -2.30.